The van der Waals surface area contributed by atoms with E-state index >= 15 is 0 Å². The molecule has 0 aliphatic rings. The van der Waals surface area contributed by atoms with Gasteiger partial charge in [0.25, 0.3) is 5.56 Å². The molecule has 0 saturated carbocycles. The maximum absolute atomic E-state index is 13.1. The average molecular weight is 514 g/mol. The molecule has 5 nitrogen and oxygen atoms in total. The maximum atomic E-state index is 13.1. The third-order valence-corrected chi connectivity index (χ3v) is 5.56. The third-order valence-electron chi connectivity index (χ3n) is 4.54. The van der Waals surface area contributed by atoms with Crippen molar-refractivity contribution >= 4 is 49.0 Å². The summed E-state index contributed by atoms with van der Waals surface area (Å²) in [4.78, 5) is 17.8. The number of rotatable bonds is 4. The number of benzene rings is 2. The normalized spacial score (nSPS) is 11.8. The van der Waals surface area contributed by atoms with Crippen LogP contribution in [0.2, 0.25) is 0 Å². The standard InChI is InChI=1S/C22H18Br2N4O/c1-14(2)21-26-20-10-7-16(24)12-19(20)22(29)28(21)25-13-18-4-3-11-27(18)17-8-5-15(23)6-9-17/h3-14H,1-2H3. The van der Waals surface area contributed by atoms with Gasteiger partial charge in [0.1, 0.15) is 5.82 Å². The Morgan fingerprint density at radius 1 is 1.03 bits per heavy atom. The predicted octanol–water partition coefficient (Wildman–Crippen LogP) is 5.72. The lowest BCUT2D eigenvalue weighted by Gasteiger charge is -2.12. The molecule has 2 aromatic heterocycles. The smallest absolute Gasteiger partial charge is 0.282 e. The number of halogens is 2. The number of hydrogen-bond acceptors (Lipinski definition) is 3. The lowest BCUT2D eigenvalue weighted by atomic mass is 10.2. The van der Waals surface area contributed by atoms with Crippen molar-refractivity contribution in [3.8, 4) is 5.69 Å². The average Bonchev–Trinajstić information content (AvgIpc) is 3.16. The van der Waals surface area contributed by atoms with E-state index in [1.165, 1.54) is 4.68 Å². The van der Waals surface area contributed by atoms with E-state index in [0.29, 0.717) is 16.7 Å². The van der Waals surface area contributed by atoms with Gasteiger partial charge in [-0.1, -0.05) is 45.7 Å². The van der Waals surface area contributed by atoms with Gasteiger partial charge in [0.15, 0.2) is 0 Å². The minimum atomic E-state index is -0.182. The first-order valence-corrected chi connectivity index (χ1v) is 10.7. The monoisotopic (exact) mass is 512 g/mol. The first kappa shape index (κ1) is 19.8. The van der Waals surface area contributed by atoms with Crippen LogP contribution in [0.25, 0.3) is 16.6 Å². The molecule has 0 saturated heterocycles. The highest BCUT2D eigenvalue weighted by molar-refractivity contribution is 9.10. The molecule has 0 aliphatic carbocycles. The highest BCUT2D eigenvalue weighted by Crippen LogP contribution is 2.19. The molecule has 146 valence electrons. The third kappa shape index (κ3) is 3.97. The van der Waals surface area contributed by atoms with E-state index in [2.05, 4.69) is 41.9 Å². The van der Waals surface area contributed by atoms with Crippen molar-refractivity contribution in [1.82, 2.24) is 14.2 Å². The molecule has 4 aromatic rings. The summed E-state index contributed by atoms with van der Waals surface area (Å²) in [5, 5.41) is 5.06. The summed E-state index contributed by atoms with van der Waals surface area (Å²) in [5.74, 6) is 0.675. The van der Waals surface area contributed by atoms with Crippen LogP contribution in [0.5, 0.6) is 0 Å². The molecule has 0 spiro atoms. The van der Waals surface area contributed by atoms with Crippen molar-refractivity contribution in [3.63, 3.8) is 0 Å². The molecular weight excluding hydrogens is 496 g/mol. The second-order valence-corrected chi connectivity index (χ2v) is 8.76. The largest absolute Gasteiger partial charge is 0.316 e. The van der Waals surface area contributed by atoms with Crippen molar-refractivity contribution in [2.45, 2.75) is 19.8 Å². The first-order valence-electron chi connectivity index (χ1n) is 9.14. The van der Waals surface area contributed by atoms with Crippen LogP contribution < -0.4 is 5.56 Å². The zero-order valence-corrected chi connectivity index (χ0v) is 19.1. The van der Waals surface area contributed by atoms with Gasteiger partial charge in [0, 0.05) is 26.7 Å². The van der Waals surface area contributed by atoms with Gasteiger partial charge in [-0.25, -0.2) is 4.98 Å². The van der Waals surface area contributed by atoms with Gasteiger partial charge >= 0.3 is 0 Å². The number of aromatic nitrogens is 3. The quantitative estimate of drug-likeness (QED) is 0.328. The van der Waals surface area contributed by atoms with Crippen molar-refractivity contribution < 1.29 is 0 Å². The van der Waals surface area contributed by atoms with Crippen molar-refractivity contribution in [3.05, 3.63) is 91.6 Å². The Balaban J connectivity index is 1.83. The van der Waals surface area contributed by atoms with E-state index in [0.717, 1.165) is 20.3 Å². The number of nitrogens with zero attached hydrogens (tertiary/aromatic N) is 4. The predicted molar refractivity (Wildman–Crippen MR) is 124 cm³/mol. The Labute approximate surface area is 185 Å². The molecular formula is C22H18Br2N4O. The van der Waals surface area contributed by atoms with Gasteiger partial charge in [-0.15, -0.1) is 0 Å². The second kappa shape index (κ2) is 8.08. The lowest BCUT2D eigenvalue weighted by Crippen LogP contribution is -2.23. The van der Waals surface area contributed by atoms with Gasteiger partial charge < -0.3 is 4.57 Å². The van der Waals surface area contributed by atoms with Gasteiger partial charge in [-0.05, 0) is 54.6 Å². The summed E-state index contributed by atoms with van der Waals surface area (Å²) < 4.78 is 5.27. The summed E-state index contributed by atoms with van der Waals surface area (Å²) in [6.07, 6.45) is 3.66. The summed E-state index contributed by atoms with van der Waals surface area (Å²) in [6.45, 7) is 4.01. The molecule has 4 rings (SSSR count). The molecule has 0 N–H and O–H groups in total. The Hall–Kier alpha value is -2.51. The van der Waals surface area contributed by atoms with Crippen LogP contribution in [0.3, 0.4) is 0 Å². The molecule has 7 heteroatoms. The van der Waals surface area contributed by atoms with Crippen LogP contribution in [-0.4, -0.2) is 20.4 Å². The molecule has 2 heterocycles. The van der Waals surface area contributed by atoms with Gasteiger partial charge in [0.2, 0.25) is 0 Å². The van der Waals surface area contributed by atoms with E-state index in [4.69, 9.17) is 0 Å². The molecule has 0 bridgehead atoms. The van der Waals surface area contributed by atoms with Crippen LogP contribution in [0.15, 0.2) is 79.6 Å². The molecule has 2 aromatic carbocycles. The molecule has 0 aliphatic heterocycles. The van der Waals surface area contributed by atoms with Gasteiger partial charge in [0.05, 0.1) is 22.8 Å². The summed E-state index contributed by atoms with van der Waals surface area (Å²) in [6, 6.07) is 17.4. The molecule has 0 fully saturated rings. The van der Waals surface area contributed by atoms with Crippen molar-refractivity contribution in [2.24, 2.45) is 5.10 Å². The Morgan fingerprint density at radius 3 is 2.48 bits per heavy atom. The topological polar surface area (TPSA) is 52.2 Å². The number of hydrogen-bond donors (Lipinski definition) is 0. The Morgan fingerprint density at radius 2 is 1.76 bits per heavy atom. The molecule has 0 radical (unpaired) electrons. The summed E-state index contributed by atoms with van der Waals surface area (Å²) >= 11 is 6.89. The summed E-state index contributed by atoms with van der Waals surface area (Å²) in [7, 11) is 0. The van der Waals surface area contributed by atoms with E-state index in [-0.39, 0.29) is 11.5 Å². The van der Waals surface area contributed by atoms with Crippen LogP contribution in [0, 0.1) is 0 Å². The van der Waals surface area contributed by atoms with Crippen molar-refractivity contribution in [1.29, 1.82) is 0 Å². The van der Waals surface area contributed by atoms with Gasteiger partial charge in [-0.3, -0.25) is 4.79 Å². The Bertz CT molecular complexity index is 1270. The first-order chi connectivity index (χ1) is 13.9. The Kier molecular flexibility index (Phi) is 5.52. The minimum absolute atomic E-state index is 0.0474. The van der Waals surface area contributed by atoms with E-state index in [1.54, 1.807) is 12.3 Å². The van der Waals surface area contributed by atoms with E-state index in [1.807, 2.05) is 73.1 Å². The zero-order valence-electron chi connectivity index (χ0n) is 15.9. The lowest BCUT2D eigenvalue weighted by molar-refractivity contribution is 0.665. The minimum Gasteiger partial charge on any atom is -0.316 e. The number of fused-ring (bicyclic) bond motifs is 1. The van der Waals surface area contributed by atoms with Crippen LogP contribution >= 0.6 is 31.9 Å². The zero-order chi connectivity index (χ0) is 20.5. The van der Waals surface area contributed by atoms with Crippen molar-refractivity contribution in [2.75, 3.05) is 0 Å². The van der Waals surface area contributed by atoms with Crippen LogP contribution in [-0.2, 0) is 0 Å². The van der Waals surface area contributed by atoms with E-state index in [9.17, 15) is 4.79 Å². The molecule has 0 atom stereocenters. The fraction of sp³-hybridized carbons (Fsp3) is 0.136. The highest BCUT2D eigenvalue weighted by atomic mass is 79.9. The van der Waals surface area contributed by atoms with Gasteiger partial charge in [-0.2, -0.15) is 9.78 Å². The second-order valence-electron chi connectivity index (χ2n) is 6.93. The van der Waals surface area contributed by atoms with Crippen LogP contribution in [0.1, 0.15) is 31.3 Å². The highest BCUT2D eigenvalue weighted by Gasteiger charge is 2.14. The molecule has 0 amide bonds. The maximum Gasteiger partial charge on any atom is 0.282 e. The van der Waals surface area contributed by atoms with Crippen LogP contribution in [0.4, 0.5) is 0 Å². The molecule has 29 heavy (non-hydrogen) atoms. The van der Waals surface area contributed by atoms with E-state index < -0.39 is 0 Å². The fourth-order valence-corrected chi connectivity index (χ4v) is 3.73. The fourth-order valence-electron chi connectivity index (χ4n) is 3.10. The summed E-state index contributed by atoms with van der Waals surface area (Å²) in [5.41, 5.74) is 2.37. The molecule has 0 unspecified atom stereocenters. The SMILES string of the molecule is CC(C)c1nc2ccc(Br)cc2c(=O)n1N=Cc1cccn1-c1ccc(Br)cc1.